The molecule has 2 aliphatic rings. The number of nitrogens with one attached hydrogen (secondary N) is 4. The van der Waals surface area contributed by atoms with Crippen LogP contribution in [0.1, 0.15) is 42.4 Å². The Hall–Kier alpha value is -3.94. The summed E-state index contributed by atoms with van der Waals surface area (Å²) in [5.41, 5.74) is 2.02. The first-order valence-electron chi connectivity index (χ1n) is 16.3. The number of hydrogen-bond acceptors (Lipinski definition) is 7. The third-order valence-corrected chi connectivity index (χ3v) is 10.0. The molecule has 4 N–H and O–H groups in total. The zero-order valence-corrected chi connectivity index (χ0v) is 29.7. The van der Waals surface area contributed by atoms with E-state index >= 15 is 0 Å². The second-order valence-corrected chi connectivity index (χ2v) is 13.5. The number of nitrogens with zero attached hydrogens (tertiary/aromatic N) is 2. The van der Waals surface area contributed by atoms with Crippen LogP contribution in [0.15, 0.2) is 54.6 Å². The number of amides is 2. The van der Waals surface area contributed by atoms with Crippen LogP contribution in [0.3, 0.4) is 0 Å². The second-order valence-electron chi connectivity index (χ2n) is 12.4. The monoisotopic (exact) mass is 760 g/mol. The highest BCUT2D eigenvalue weighted by molar-refractivity contribution is 6.39. The van der Waals surface area contributed by atoms with Crippen molar-refractivity contribution >= 4 is 46.6 Å². The number of halogens is 6. The van der Waals surface area contributed by atoms with Gasteiger partial charge in [-0.3, -0.25) is 9.59 Å². The summed E-state index contributed by atoms with van der Waals surface area (Å²) in [7, 11) is 1.53. The van der Waals surface area contributed by atoms with Crippen LogP contribution in [0, 0.1) is 0 Å². The lowest BCUT2D eigenvalue weighted by molar-refractivity contribution is -0.138. The minimum atomic E-state index is -4.73. The van der Waals surface area contributed by atoms with Crippen LogP contribution in [0.25, 0.3) is 33.6 Å². The Labute approximate surface area is 307 Å². The van der Waals surface area contributed by atoms with Crippen LogP contribution < -0.4 is 26.0 Å². The molecule has 0 aliphatic carbocycles. The highest BCUT2D eigenvalue weighted by Gasteiger charge is 2.36. The zero-order valence-electron chi connectivity index (χ0n) is 27.4. The van der Waals surface area contributed by atoms with E-state index in [1.54, 1.807) is 36.4 Å². The average molecular weight is 762 g/mol. The van der Waals surface area contributed by atoms with Gasteiger partial charge in [-0.2, -0.15) is 13.2 Å². The Bertz CT molecular complexity index is 1960. The van der Waals surface area contributed by atoms with Gasteiger partial charge >= 0.3 is 6.18 Å². The number of carbonyl (C=O) groups is 2. The van der Waals surface area contributed by atoms with Gasteiger partial charge in [-0.05, 0) is 25.0 Å². The van der Waals surface area contributed by atoms with Crippen molar-refractivity contribution in [2.24, 2.45) is 0 Å². The summed E-state index contributed by atoms with van der Waals surface area (Å²) in [6.07, 6.45) is -2.43. The fraction of sp³-hybridized carbons (Fsp3) is 0.333. The number of alkyl halides is 3. The van der Waals surface area contributed by atoms with E-state index in [-0.39, 0.29) is 57.4 Å². The Morgan fingerprint density at radius 1 is 0.784 bits per heavy atom. The molecule has 2 aromatic heterocycles. The maximum atomic E-state index is 14.4. The normalized spacial score (nSPS) is 17.5. The molecular weight excluding hydrogens is 728 g/mol. The molecule has 9 nitrogen and oxygen atoms in total. The molecule has 2 saturated heterocycles. The van der Waals surface area contributed by atoms with Crippen molar-refractivity contribution < 1.29 is 27.5 Å². The molecule has 6 rings (SSSR count). The van der Waals surface area contributed by atoms with E-state index in [0.717, 1.165) is 18.1 Å². The molecule has 0 radical (unpaired) electrons. The Kier molecular flexibility index (Phi) is 11.4. The maximum absolute atomic E-state index is 14.4. The number of benzene rings is 2. The van der Waals surface area contributed by atoms with Crippen molar-refractivity contribution in [1.29, 1.82) is 0 Å². The van der Waals surface area contributed by atoms with Crippen LogP contribution in [0.2, 0.25) is 15.2 Å². The van der Waals surface area contributed by atoms with Gasteiger partial charge < -0.3 is 26.0 Å². The van der Waals surface area contributed by atoms with E-state index in [0.29, 0.717) is 72.2 Å². The van der Waals surface area contributed by atoms with E-state index in [2.05, 4.69) is 26.3 Å². The summed E-state index contributed by atoms with van der Waals surface area (Å²) in [4.78, 5) is 32.0. The summed E-state index contributed by atoms with van der Waals surface area (Å²) in [5.74, 6) is 0.378. The quantitative estimate of drug-likeness (QED) is 0.113. The van der Waals surface area contributed by atoms with Gasteiger partial charge in [0.25, 0.3) is 0 Å². The summed E-state index contributed by atoms with van der Waals surface area (Å²) in [6.45, 7) is 1.19. The number of aromatic nitrogens is 2. The zero-order chi connectivity index (χ0) is 36.3. The summed E-state index contributed by atoms with van der Waals surface area (Å²) < 4.78 is 48.7. The number of carbonyl (C=O) groups excluding carboxylic acids is 2. The van der Waals surface area contributed by atoms with Crippen LogP contribution in [0.5, 0.6) is 5.88 Å². The van der Waals surface area contributed by atoms with Gasteiger partial charge in [-0.1, -0.05) is 77.3 Å². The van der Waals surface area contributed by atoms with E-state index in [4.69, 9.17) is 44.5 Å². The van der Waals surface area contributed by atoms with Crippen LogP contribution in [-0.4, -0.2) is 54.1 Å². The smallest absolute Gasteiger partial charge is 0.416 e. The standard InChI is InChI=1S/C36H34Cl3F3N6O3/c1-51-35-19(15-43-16-20-9-12-30(49)45-20)8-11-28(48-35)24-6-2-4-22(32(24)37)23-5-3-7-25(33(23)38)29-14-27(36(40,41)42)26(34(39)47-29)18-44-17-21-10-13-31(50)46-21/h2-8,11,14,20-21,43-44H,9-10,12-13,15-18H2,1H3,(H,45,49)(H,46,50)/t20-,21-/m0/s1. The largest absolute Gasteiger partial charge is 0.481 e. The molecule has 0 saturated carbocycles. The molecule has 0 unspecified atom stereocenters. The predicted molar refractivity (Wildman–Crippen MR) is 191 cm³/mol. The van der Waals surface area contributed by atoms with Gasteiger partial charge in [0.05, 0.1) is 34.1 Å². The number of ether oxygens (including phenoxy) is 1. The first kappa shape index (κ1) is 36.8. The second kappa shape index (κ2) is 15.7. The number of hydrogen-bond donors (Lipinski definition) is 4. The molecule has 51 heavy (non-hydrogen) atoms. The molecule has 0 spiro atoms. The number of methoxy groups -OCH3 is 1. The molecule has 4 aromatic rings. The third-order valence-electron chi connectivity index (χ3n) is 8.92. The van der Waals surface area contributed by atoms with Crippen molar-refractivity contribution in [3.8, 4) is 39.5 Å². The van der Waals surface area contributed by atoms with Crippen LogP contribution in [0.4, 0.5) is 13.2 Å². The van der Waals surface area contributed by atoms with Gasteiger partial charge in [-0.25, -0.2) is 9.97 Å². The highest BCUT2D eigenvalue weighted by atomic mass is 35.5. The molecule has 268 valence electrons. The highest BCUT2D eigenvalue weighted by Crippen LogP contribution is 2.44. The van der Waals surface area contributed by atoms with Crippen molar-refractivity contribution in [3.63, 3.8) is 0 Å². The Morgan fingerprint density at radius 2 is 1.33 bits per heavy atom. The van der Waals surface area contributed by atoms with Crippen LogP contribution in [-0.2, 0) is 28.9 Å². The molecule has 2 aromatic carbocycles. The maximum Gasteiger partial charge on any atom is 0.416 e. The summed E-state index contributed by atoms with van der Waals surface area (Å²) in [6, 6.07) is 14.9. The SMILES string of the molecule is COc1nc(-c2cccc(-c3cccc(-c4cc(C(F)(F)F)c(CNC[C@@H]5CCC(=O)N5)c(Cl)n4)c3Cl)c2Cl)ccc1CNC[C@@H]1CCC(=O)N1. The fourth-order valence-corrected chi connectivity index (χ4v) is 7.23. The fourth-order valence-electron chi connectivity index (χ4n) is 6.32. The van der Waals surface area contributed by atoms with Crippen molar-refractivity contribution in [2.45, 2.75) is 57.0 Å². The Morgan fingerprint density at radius 3 is 1.86 bits per heavy atom. The molecular formula is C36H34Cl3F3N6O3. The predicted octanol–water partition coefficient (Wildman–Crippen LogP) is 7.20. The molecule has 0 bridgehead atoms. The first-order chi connectivity index (χ1) is 24.4. The minimum Gasteiger partial charge on any atom is -0.481 e. The topological polar surface area (TPSA) is 117 Å². The summed E-state index contributed by atoms with van der Waals surface area (Å²) >= 11 is 20.3. The van der Waals surface area contributed by atoms with Gasteiger partial charge in [0.15, 0.2) is 0 Å². The first-order valence-corrected chi connectivity index (χ1v) is 17.4. The van der Waals surface area contributed by atoms with Gasteiger partial charge in [0.2, 0.25) is 17.7 Å². The average Bonchev–Trinajstić information content (AvgIpc) is 3.72. The Balaban J connectivity index is 1.26. The van der Waals surface area contributed by atoms with E-state index in [9.17, 15) is 22.8 Å². The van der Waals surface area contributed by atoms with Crippen molar-refractivity contribution in [2.75, 3.05) is 20.2 Å². The minimum absolute atomic E-state index is 0.0517. The lowest BCUT2D eigenvalue weighted by Gasteiger charge is -2.19. The van der Waals surface area contributed by atoms with Crippen molar-refractivity contribution in [1.82, 2.24) is 31.2 Å². The van der Waals surface area contributed by atoms with Crippen LogP contribution >= 0.6 is 34.8 Å². The lowest BCUT2D eigenvalue weighted by Crippen LogP contribution is -2.35. The molecule has 2 fully saturated rings. The third kappa shape index (κ3) is 8.42. The van der Waals surface area contributed by atoms with Crippen molar-refractivity contribution in [3.05, 3.63) is 86.5 Å². The molecule has 2 aliphatic heterocycles. The molecule has 15 heteroatoms. The van der Waals surface area contributed by atoms with Gasteiger partial charge in [0.1, 0.15) is 5.15 Å². The van der Waals surface area contributed by atoms with Gasteiger partial charge in [0, 0.05) is 84.5 Å². The van der Waals surface area contributed by atoms with E-state index in [1.165, 1.54) is 7.11 Å². The summed E-state index contributed by atoms with van der Waals surface area (Å²) in [5, 5.41) is 12.2. The molecule has 2 atom stereocenters. The lowest BCUT2D eigenvalue weighted by atomic mass is 9.97. The molecule has 2 amide bonds. The van der Waals surface area contributed by atoms with Gasteiger partial charge in [-0.15, -0.1) is 0 Å². The number of pyridine rings is 2. The molecule has 4 heterocycles. The van der Waals surface area contributed by atoms with E-state index < -0.39 is 11.7 Å². The van der Waals surface area contributed by atoms with E-state index in [1.807, 2.05) is 12.1 Å². The number of rotatable bonds is 12.